The van der Waals surface area contributed by atoms with Crippen LogP contribution in [0.5, 0.6) is 0 Å². The van der Waals surface area contributed by atoms with E-state index in [1.54, 1.807) is 6.21 Å². The molecule has 0 spiro atoms. The second-order valence-corrected chi connectivity index (χ2v) is 9.18. The topological polar surface area (TPSA) is 38.7 Å². The number of aldehydes is 1. The van der Waals surface area contributed by atoms with Gasteiger partial charge in [0.1, 0.15) is 6.29 Å². The summed E-state index contributed by atoms with van der Waals surface area (Å²) in [6.45, 7) is 0. The Balaban J connectivity index is 2.14. The van der Waals surface area contributed by atoms with Crippen molar-refractivity contribution >= 4 is 36.4 Å². The van der Waals surface area contributed by atoms with Crippen LogP contribution in [-0.4, -0.2) is 20.8 Å². The molecule has 0 aliphatic heterocycles. The molecule has 4 heteroatoms. The van der Waals surface area contributed by atoms with E-state index < -0.39 is 8.32 Å². The first kappa shape index (κ1) is 17.8. The van der Waals surface area contributed by atoms with Crippen molar-refractivity contribution in [2.24, 2.45) is 5.16 Å². The fraction of sp³-hybridized carbons (Fsp3) is 0.0909. The third kappa shape index (κ3) is 3.81. The summed E-state index contributed by atoms with van der Waals surface area (Å²) in [5.41, 5.74) is 0. The van der Waals surface area contributed by atoms with Crippen LogP contribution in [0.1, 0.15) is 12.8 Å². The van der Waals surface area contributed by atoms with E-state index in [1.165, 1.54) is 0 Å². The number of carbonyl (C=O) groups excluding carboxylic acids is 1. The molecule has 26 heavy (non-hydrogen) atoms. The van der Waals surface area contributed by atoms with Gasteiger partial charge in [0.15, 0.2) is 0 Å². The summed E-state index contributed by atoms with van der Waals surface area (Å²) in [6, 6.07) is 30.8. The number of nitrogens with zero attached hydrogens (tertiary/aromatic N) is 1. The molecule has 0 unspecified atom stereocenters. The van der Waals surface area contributed by atoms with Gasteiger partial charge in [0.25, 0.3) is 0 Å². The number of hydrogen-bond acceptors (Lipinski definition) is 3. The first-order chi connectivity index (χ1) is 12.9. The van der Waals surface area contributed by atoms with E-state index in [9.17, 15) is 4.79 Å². The lowest BCUT2D eigenvalue weighted by Gasteiger charge is -2.30. The minimum atomic E-state index is -2.77. The van der Waals surface area contributed by atoms with Crippen LogP contribution in [0.2, 0.25) is 0 Å². The highest BCUT2D eigenvalue weighted by Gasteiger charge is 2.44. The quantitative estimate of drug-likeness (QED) is 0.155. The van der Waals surface area contributed by atoms with Crippen LogP contribution in [0.25, 0.3) is 0 Å². The van der Waals surface area contributed by atoms with Crippen molar-refractivity contribution in [2.45, 2.75) is 12.8 Å². The van der Waals surface area contributed by atoms with Crippen LogP contribution < -0.4 is 15.6 Å². The van der Waals surface area contributed by atoms with E-state index in [0.717, 1.165) is 21.8 Å². The highest BCUT2D eigenvalue weighted by atomic mass is 28.4. The lowest BCUT2D eigenvalue weighted by atomic mass is 10.3. The Hall–Kier alpha value is -2.98. The monoisotopic (exact) mass is 359 g/mol. The van der Waals surface area contributed by atoms with Crippen molar-refractivity contribution in [3.8, 4) is 0 Å². The molecule has 130 valence electrons. The number of carbonyl (C=O) groups is 1. The molecular weight excluding hydrogens is 338 g/mol. The summed E-state index contributed by atoms with van der Waals surface area (Å²) in [5.74, 6) is 0. The van der Waals surface area contributed by atoms with Crippen molar-refractivity contribution in [3.63, 3.8) is 0 Å². The maximum atomic E-state index is 10.5. The number of benzene rings is 3. The van der Waals surface area contributed by atoms with Gasteiger partial charge in [-0.3, -0.25) is 0 Å². The molecule has 0 saturated heterocycles. The van der Waals surface area contributed by atoms with Crippen molar-refractivity contribution < 1.29 is 9.32 Å². The zero-order valence-electron chi connectivity index (χ0n) is 14.5. The highest BCUT2D eigenvalue weighted by Crippen LogP contribution is 2.10. The van der Waals surface area contributed by atoms with Gasteiger partial charge >= 0.3 is 8.32 Å². The molecule has 3 nitrogen and oxygen atoms in total. The summed E-state index contributed by atoms with van der Waals surface area (Å²) < 4.78 is 6.33. The van der Waals surface area contributed by atoms with E-state index in [1.807, 2.05) is 54.6 Å². The van der Waals surface area contributed by atoms with E-state index in [0.29, 0.717) is 12.8 Å². The zero-order chi connectivity index (χ0) is 18.1. The molecule has 0 fully saturated rings. The largest absolute Gasteiger partial charge is 0.438 e. The lowest BCUT2D eigenvalue weighted by molar-refractivity contribution is -0.107. The molecule has 3 aromatic rings. The fourth-order valence-corrected chi connectivity index (χ4v) is 6.52. The zero-order valence-corrected chi connectivity index (χ0v) is 15.5. The lowest BCUT2D eigenvalue weighted by Crippen LogP contribution is -2.68. The summed E-state index contributed by atoms with van der Waals surface area (Å²) in [7, 11) is -2.77. The van der Waals surface area contributed by atoms with E-state index in [2.05, 4.69) is 41.6 Å². The predicted octanol–water partition coefficient (Wildman–Crippen LogP) is 2.64. The SMILES string of the molecule is O=CCC/C=N/O[Si](c1ccccc1)(c1ccccc1)c1ccccc1. The third-order valence-corrected chi connectivity index (χ3v) is 8.04. The predicted molar refractivity (Wildman–Crippen MR) is 109 cm³/mol. The Labute approximate surface area is 155 Å². The molecule has 0 radical (unpaired) electrons. The van der Waals surface area contributed by atoms with Gasteiger partial charge in [0.05, 0.1) is 0 Å². The van der Waals surface area contributed by atoms with Crippen LogP contribution in [0.15, 0.2) is 96.2 Å². The second kappa shape index (κ2) is 8.92. The molecule has 0 aliphatic carbocycles. The van der Waals surface area contributed by atoms with Gasteiger partial charge in [-0.05, 0) is 22.0 Å². The molecule has 0 aromatic heterocycles. The van der Waals surface area contributed by atoms with Crippen LogP contribution in [0, 0.1) is 0 Å². The smallest absolute Gasteiger partial charge is 0.380 e. The molecule has 3 rings (SSSR count). The van der Waals surface area contributed by atoms with Crippen LogP contribution >= 0.6 is 0 Å². The molecule has 0 atom stereocenters. The van der Waals surface area contributed by atoms with E-state index in [4.69, 9.17) is 4.53 Å². The average Bonchev–Trinajstić information content (AvgIpc) is 2.73. The Morgan fingerprint density at radius 2 is 1.12 bits per heavy atom. The summed E-state index contributed by atoms with van der Waals surface area (Å²) in [6.07, 6.45) is 3.60. The van der Waals surface area contributed by atoms with Gasteiger partial charge in [0, 0.05) is 12.6 Å². The molecule has 0 aliphatic rings. The van der Waals surface area contributed by atoms with Crippen LogP contribution in [-0.2, 0) is 9.32 Å². The molecular formula is C22H21NO2Si. The Kier molecular flexibility index (Phi) is 6.12. The van der Waals surface area contributed by atoms with Crippen LogP contribution in [0.3, 0.4) is 0 Å². The first-order valence-corrected chi connectivity index (χ1v) is 10.6. The minimum Gasteiger partial charge on any atom is -0.438 e. The van der Waals surface area contributed by atoms with Crippen molar-refractivity contribution in [3.05, 3.63) is 91.0 Å². The van der Waals surface area contributed by atoms with Crippen molar-refractivity contribution in [1.82, 2.24) is 0 Å². The van der Waals surface area contributed by atoms with Gasteiger partial charge in [-0.2, -0.15) is 0 Å². The van der Waals surface area contributed by atoms with Gasteiger partial charge in [-0.15, -0.1) is 5.16 Å². The van der Waals surface area contributed by atoms with Crippen LogP contribution in [0.4, 0.5) is 0 Å². The molecule has 0 N–H and O–H groups in total. The Morgan fingerprint density at radius 1 is 0.692 bits per heavy atom. The number of unbranched alkanes of at least 4 members (excludes halogenated alkanes) is 1. The highest BCUT2D eigenvalue weighted by molar-refractivity contribution is 7.07. The normalized spacial score (nSPS) is 11.4. The fourth-order valence-electron chi connectivity index (χ4n) is 2.99. The van der Waals surface area contributed by atoms with Gasteiger partial charge in [-0.1, -0.05) is 91.0 Å². The molecule has 3 aromatic carbocycles. The third-order valence-electron chi connectivity index (χ3n) is 4.22. The summed E-state index contributed by atoms with van der Waals surface area (Å²) >= 11 is 0. The van der Waals surface area contributed by atoms with Gasteiger partial charge in [-0.25, -0.2) is 0 Å². The average molecular weight is 360 g/mol. The second-order valence-electron chi connectivity index (χ2n) is 5.90. The number of rotatable bonds is 8. The first-order valence-electron chi connectivity index (χ1n) is 8.68. The van der Waals surface area contributed by atoms with Gasteiger partial charge in [0.2, 0.25) is 0 Å². The van der Waals surface area contributed by atoms with E-state index in [-0.39, 0.29) is 0 Å². The maximum absolute atomic E-state index is 10.5. The molecule has 0 amide bonds. The molecule has 0 bridgehead atoms. The van der Waals surface area contributed by atoms with Gasteiger partial charge < -0.3 is 9.32 Å². The standard InChI is InChI=1S/C22H21NO2Si/c24-19-11-10-18-23-25-26(20-12-4-1-5-13-20,21-14-6-2-7-15-21)22-16-8-3-9-17-22/h1-9,12-19H,10-11H2/b23-18+. The van der Waals surface area contributed by atoms with E-state index >= 15 is 0 Å². The Morgan fingerprint density at radius 3 is 1.50 bits per heavy atom. The maximum Gasteiger partial charge on any atom is 0.380 e. The Bertz CT molecular complexity index is 739. The molecule has 0 heterocycles. The number of hydrogen-bond donors (Lipinski definition) is 0. The summed E-state index contributed by atoms with van der Waals surface area (Å²) in [4.78, 5) is 10.5. The van der Waals surface area contributed by atoms with Crippen molar-refractivity contribution in [2.75, 3.05) is 0 Å². The van der Waals surface area contributed by atoms with Crippen molar-refractivity contribution in [1.29, 1.82) is 0 Å². The summed E-state index contributed by atoms with van der Waals surface area (Å²) in [5, 5.41) is 7.68. The number of oxime groups is 1. The minimum absolute atomic E-state index is 0.448. The molecule has 0 saturated carbocycles.